The smallest absolute Gasteiger partial charge is 0.222 e. The van der Waals surface area contributed by atoms with E-state index in [1.165, 1.54) is 11.1 Å². The van der Waals surface area contributed by atoms with Crippen LogP contribution in [0.1, 0.15) is 30.4 Å². The van der Waals surface area contributed by atoms with Crippen LogP contribution in [0.2, 0.25) is 0 Å². The van der Waals surface area contributed by atoms with Crippen LogP contribution in [0.3, 0.4) is 0 Å². The minimum absolute atomic E-state index is 0.234. The molecule has 1 fully saturated rings. The molecule has 2 heterocycles. The molecule has 2 aromatic rings. The second kappa shape index (κ2) is 11.1. The normalized spacial score (nSPS) is 18.1. The van der Waals surface area contributed by atoms with Gasteiger partial charge in [0.15, 0.2) is 5.96 Å². The molecule has 0 saturated carbocycles. The first-order chi connectivity index (χ1) is 16.2. The van der Waals surface area contributed by atoms with Gasteiger partial charge >= 0.3 is 0 Å². The average molecular weight is 450 g/mol. The Kier molecular flexibility index (Phi) is 7.70. The van der Waals surface area contributed by atoms with Gasteiger partial charge in [-0.05, 0) is 42.5 Å². The summed E-state index contributed by atoms with van der Waals surface area (Å²) in [7, 11) is 3.50. The van der Waals surface area contributed by atoms with Crippen molar-refractivity contribution in [3.63, 3.8) is 0 Å². The quantitative estimate of drug-likeness (QED) is 0.387. The lowest BCUT2D eigenvalue weighted by molar-refractivity contribution is -0.132. The lowest BCUT2D eigenvalue weighted by Crippen LogP contribution is -2.45. The van der Waals surface area contributed by atoms with Crippen LogP contribution in [-0.4, -0.2) is 63.1 Å². The molecule has 0 bridgehead atoms. The summed E-state index contributed by atoms with van der Waals surface area (Å²) in [5.41, 5.74) is 3.78. The van der Waals surface area contributed by atoms with Gasteiger partial charge < -0.3 is 25.2 Å². The molecule has 4 rings (SSSR count). The molecule has 2 aliphatic rings. The number of benzene rings is 2. The lowest BCUT2D eigenvalue weighted by Gasteiger charge is -2.29. The van der Waals surface area contributed by atoms with E-state index in [1.807, 2.05) is 23.1 Å². The number of aliphatic imine (C=N–C) groups is 1. The van der Waals surface area contributed by atoms with Crippen molar-refractivity contribution in [2.24, 2.45) is 4.99 Å². The third-order valence-electron chi connectivity index (χ3n) is 6.52. The van der Waals surface area contributed by atoms with Gasteiger partial charge in [0.25, 0.3) is 0 Å². The Morgan fingerprint density at radius 2 is 1.91 bits per heavy atom. The summed E-state index contributed by atoms with van der Waals surface area (Å²) in [6.45, 7) is 4.14. The van der Waals surface area contributed by atoms with Crippen LogP contribution in [0, 0.1) is 0 Å². The highest BCUT2D eigenvalue weighted by Crippen LogP contribution is 2.30. The van der Waals surface area contributed by atoms with Gasteiger partial charge in [-0.3, -0.25) is 9.79 Å². The fourth-order valence-electron chi connectivity index (χ4n) is 4.69. The Hall–Kier alpha value is -3.22. The second-order valence-corrected chi connectivity index (χ2v) is 8.68. The third kappa shape index (κ3) is 5.78. The van der Waals surface area contributed by atoms with E-state index in [0.29, 0.717) is 12.5 Å². The molecular formula is C26H35N5O2. The monoisotopic (exact) mass is 449 g/mol. The summed E-state index contributed by atoms with van der Waals surface area (Å²) < 4.78 is 5.51. The van der Waals surface area contributed by atoms with E-state index in [9.17, 15) is 4.79 Å². The van der Waals surface area contributed by atoms with Crippen molar-refractivity contribution in [3.8, 4) is 5.75 Å². The number of carbonyl (C=O) groups is 1. The van der Waals surface area contributed by atoms with Crippen molar-refractivity contribution >= 4 is 17.6 Å². The summed E-state index contributed by atoms with van der Waals surface area (Å²) in [5.74, 6) is 1.93. The van der Waals surface area contributed by atoms with Gasteiger partial charge in [-0.15, -0.1) is 0 Å². The molecule has 2 aliphatic heterocycles. The van der Waals surface area contributed by atoms with Crippen molar-refractivity contribution in [1.29, 1.82) is 0 Å². The van der Waals surface area contributed by atoms with Crippen LogP contribution < -0.4 is 20.3 Å². The van der Waals surface area contributed by atoms with Crippen LogP contribution in [-0.2, 0) is 17.8 Å². The zero-order valence-electron chi connectivity index (χ0n) is 19.7. The fourth-order valence-corrected chi connectivity index (χ4v) is 4.69. The number of nitrogens with one attached hydrogen (secondary N) is 2. The fraction of sp³-hybridized carbons (Fsp3) is 0.462. The maximum atomic E-state index is 12.7. The number of hydrogen-bond donors (Lipinski definition) is 2. The minimum Gasteiger partial charge on any atom is -0.495 e. The van der Waals surface area contributed by atoms with Crippen molar-refractivity contribution in [1.82, 2.24) is 15.5 Å². The average Bonchev–Trinajstić information content (AvgIpc) is 3.33. The van der Waals surface area contributed by atoms with Gasteiger partial charge in [0.1, 0.15) is 5.75 Å². The number of guanidine groups is 1. The number of hydrogen-bond acceptors (Lipinski definition) is 4. The molecule has 1 unspecified atom stereocenters. The minimum atomic E-state index is 0.234. The molecule has 0 spiro atoms. The van der Waals surface area contributed by atoms with E-state index < -0.39 is 0 Å². The highest BCUT2D eigenvalue weighted by Gasteiger charge is 2.25. The first-order valence-corrected chi connectivity index (χ1v) is 11.9. The molecule has 2 N–H and O–H groups in total. The summed E-state index contributed by atoms with van der Waals surface area (Å²) >= 11 is 0. The van der Waals surface area contributed by atoms with Crippen LogP contribution in [0.5, 0.6) is 5.75 Å². The van der Waals surface area contributed by atoms with E-state index in [1.54, 1.807) is 14.2 Å². The topological polar surface area (TPSA) is 69.2 Å². The summed E-state index contributed by atoms with van der Waals surface area (Å²) in [5, 5.41) is 6.90. The van der Waals surface area contributed by atoms with E-state index in [0.717, 1.165) is 69.4 Å². The molecule has 2 aromatic carbocycles. The Labute approximate surface area is 196 Å². The van der Waals surface area contributed by atoms with Crippen LogP contribution >= 0.6 is 0 Å². The van der Waals surface area contributed by atoms with Gasteiger partial charge in [-0.1, -0.05) is 36.4 Å². The summed E-state index contributed by atoms with van der Waals surface area (Å²) in [6, 6.07) is 16.9. The molecule has 1 amide bonds. The first-order valence-electron chi connectivity index (χ1n) is 11.9. The number of amides is 1. The van der Waals surface area contributed by atoms with Gasteiger partial charge in [0, 0.05) is 52.2 Å². The van der Waals surface area contributed by atoms with E-state index in [2.05, 4.69) is 50.9 Å². The van der Waals surface area contributed by atoms with Gasteiger partial charge in [0.05, 0.1) is 12.8 Å². The number of anilines is 1. The van der Waals surface area contributed by atoms with Gasteiger partial charge in [-0.25, -0.2) is 0 Å². The maximum absolute atomic E-state index is 12.7. The van der Waals surface area contributed by atoms with Gasteiger partial charge in [0.2, 0.25) is 5.91 Å². The van der Waals surface area contributed by atoms with Crippen molar-refractivity contribution in [2.75, 3.05) is 45.2 Å². The summed E-state index contributed by atoms with van der Waals surface area (Å²) in [4.78, 5) is 21.4. The highest BCUT2D eigenvalue weighted by atomic mass is 16.5. The number of rotatable bonds is 7. The molecule has 1 saturated heterocycles. The number of fused-ring (bicyclic) bond motifs is 1. The predicted octanol–water partition coefficient (Wildman–Crippen LogP) is 2.80. The Balaban J connectivity index is 1.18. The highest BCUT2D eigenvalue weighted by molar-refractivity contribution is 5.80. The van der Waals surface area contributed by atoms with Gasteiger partial charge in [-0.2, -0.15) is 0 Å². The lowest BCUT2D eigenvalue weighted by atomic mass is 9.99. The molecule has 0 radical (unpaired) electrons. The Morgan fingerprint density at radius 1 is 1.12 bits per heavy atom. The number of ether oxygens (including phenoxy) is 1. The van der Waals surface area contributed by atoms with E-state index in [-0.39, 0.29) is 5.91 Å². The molecule has 7 heteroatoms. The molecular weight excluding hydrogens is 414 g/mol. The Morgan fingerprint density at radius 3 is 2.73 bits per heavy atom. The molecule has 33 heavy (non-hydrogen) atoms. The van der Waals surface area contributed by atoms with Crippen LogP contribution in [0.25, 0.3) is 0 Å². The van der Waals surface area contributed by atoms with Crippen molar-refractivity contribution < 1.29 is 9.53 Å². The van der Waals surface area contributed by atoms with Crippen LogP contribution in [0.4, 0.5) is 5.69 Å². The maximum Gasteiger partial charge on any atom is 0.222 e. The second-order valence-electron chi connectivity index (χ2n) is 8.68. The van der Waals surface area contributed by atoms with Crippen LogP contribution in [0.15, 0.2) is 53.5 Å². The molecule has 7 nitrogen and oxygen atoms in total. The third-order valence-corrected chi connectivity index (χ3v) is 6.52. The SMILES string of the molecule is CN=C(NCCCC(=O)N1CCc2ccccc2C1)NC1CCN(c2ccccc2OC)C1. The number of para-hydroxylation sites is 2. The van der Waals surface area contributed by atoms with E-state index in [4.69, 9.17) is 4.74 Å². The van der Waals surface area contributed by atoms with Crippen molar-refractivity contribution in [3.05, 3.63) is 59.7 Å². The summed E-state index contributed by atoms with van der Waals surface area (Å²) in [6.07, 6.45) is 3.32. The zero-order valence-corrected chi connectivity index (χ0v) is 19.7. The first kappa shape index (κ1) is 23.0. The Bertz CT molecular complexity index is 977. The van der Waals surface area contributed by atoms with E-state index >= 15 is 0 Å². The molecule has 176 valence electrons. The standard InChI is InChI=1S/C26H35N5O2/c1-27-26(29-22-14-17-30(19-22)23-10-5-6-11-24(23)33-2)28-15-7-12-25(32)31-16-13-20-8-3-4-9-21(20)18-31/h3-6,8-11,22H,7,12-19H2,1-2H3,(H2,27,28,29). The zero-order chi connectivity index (χ0) is 23.0. The van der Waals surface area contributed by atoms with Crippen molar-refractivity contribution in [2.45, 2.75) is 38.3 Å². The number of carbonyl (C=O) groups excluding carboxylic acids is 1. The predicted molar refractivity (Wildman–Crippen MR) is 133 cm³/mol. The number of methoxy groups -OCH3 is 1. The largest absolute Gasteiger partial charge is 0.495 e. The molecule has 1 atom stereocenters. The molecule has 0 aromatic heterocycles. The molecule has 0 aliphatic carbocycles. The number of nitrogens with zero attached hydrogens (tertiary/aromatic N) is 3.